The van der Waals surface area contributed by atoms with E-state index >= 15 is 0 Å². The lowest BCUT2D eigenvalue weighted by Crippen LogP contribution is -2.53. The van der Waals surface area contributed by atoms with Crippen molar-refractivity contribution in [2.24, 2.45) is 0 Å². The largest absolute Gasteiger partial charge is 0.496 e. The molecular formula is C18H22F2N6O2. The molecule has 1 aliphatic heterocycles. The van der Waals surface area contributed by atoms with E-state index in [0.29, 0.717) is 17.3 Å². The number of amides is 1. The van der Waals surface area contributed by atoms with Gasteiger partial charge in [0.05, 0.1) is 32.1 Å². The van der Waals surface area contributed by atoms with Gasteiger partial charge in [0.1, 0.15) is 17.5 Å². The average Bonchev–Trinajstić information content (AvgIpc) is 2.64. The van der Waals surface area contributed by atoms with Gasteiger partial charge in [-0.25, -0.2) is 13.8 Å². The second-order valence-corrected chi connectivity index (χ2v) is 6.63. The number of hydrogen-bond acceptors (Lipinski definition) is 7. The number of aromatic nitrogens is 3. The molecule has 2 N–H and O–H groups in total. The fourth-order valence-electron chi connectivity index (χ4n) is 3.37. The van der Waals surface area contributed by atoms with Crippen LogP contribution in [0.25, 0.3) is 0 Å². The number of nitrogens with two attached hydrogens (primary N) is 1. The van der Waals surface area contributed by atoms with Gasteiger partial charge in [0.15, 0.2) is 5.82 Å². The summed E-state index contributed by atoms with van der Waals surface area (Å²) in [5, 5.41) is 0. The number of carbonyl (C=O) groups is 1. The van der Waals surface area contributed by atoms with E-state index in [0.717, 1.165) is 16.0 Å². The first-order valence-electron chi connectivity index (χ1n) is 8.72. The maximum atomic E-state index is 13.0. The number of fused-ring (bicyclic) bond motifs is 1. The highest BCUT2D eigenvalue weighted by Gasteiger charge is 2.38. The molecule has 10 heteroatoms. The highest BCUT2D eigenvalue weighted by Crippen LogP contribution is 2.36. The summed E-state index contributed by atoms with van der Waals surface area (Å²) in [5.74, 6) is 0.565. The number of pyridine rings is 1. The number of carbonyl (C=O) groups excluding carboxylic acids is 1. The quantitative estimate of drug-likeness (QED) is 0.832. The number of ether oxygens (including phenoxy) is 1. The Hall–Kier alpha value is -3.04. The Morgan fingerprint density at radius 1 is 1.29 bits per heavy atom. The molecule has 0 spiro atoms. The minimum atomic E-state index is -2.68. The molecule has 1 aliphatic rings. The van der Waals surface area contributed by atoms with Crippen LogP contribution >= 0.6 is 0 Å². The topological polar surface area (TPSA) is 97.5 Å². The van der Waals surface area contributed by atoms with Crippen LogP contribution < -0.4 is 20.3 Å². The molecule has 0 bridgehead atoms. The zero-order valence-corrected chi connectivity index (χ0v) is 16.1. The number of nitrogen functional groups attached to an aromatic ring is 1. The second kappa shape index (κ2) is 7.53. The van der Waals surface area contributed by atoms with Crippen molar-refractivity contribution in [3.63, 3.8) is 0 Å². The van der Waals surface area contributed by atoms with E-state index in [4.69, 9.17) is 10.5 Å². The molecule has 1 atom stereocenters. The van der Waals surface area contributed by atoms with Crippen molar-refractivity contribution in [3.05, 3.63) is 29.2 Å². The summed E-state index contributed by atoms with van der Waals surface area (Å²) in [6, 6.07) is -0.728. The molecule has 3 rings (SSSR count). The molecule has 2 aromatic heterocycles. The second-order valence-electron chi connectivity index (χ2n) is 6.63. The molecule has 3 heterocycles. The van der Waals surface area contributed by atoms with Crippen molar-refractivity contribution < 1.29 is 18.3 Å². The van der Waals surface area contributed by atoms with E-state index in [9.17, 15) is 13.6 Å². The maximum Gasteiger partial charge on any atom is 0.256 e. The smallest absolute Gasteiger partial charge is 0.256 e. The van der Waals surface area contributed by atoms with E-state index in [-0.39, 0.29) is 18.2 Å². The zero-order chi connectivity index (χ0) is 20.6. The summed E-state index contributed by atoms with van der Waals surface area (Å²) in [4.78, 5) is 28.0. The first-order chi connectivity index (χ1) is 13.2. The average molecular weight is 392 g/mol. The van der Waals surface area contributed by atoms with Crippen molar-refractivity contribution in [1.82, 2.24) is 15.0 Å². The normalized spacial score (nSPS) is 16.5. The Morgan fingerprint density at radius 3 is 2.64 bits per heavy atom. The van der Waals surface area contributed by atoms with Crippen LogP contribution in [0.3, 0.4) is 0 Å². The number of nitrogens with zero attached hydrogens (tertiary/aromatic N) is 5. The molecule has 150 valence electrons. The first-order valence-corrected chi connectivity index (χ1v) is 8.72. The Labute approximate surface area is 161 Å². The molecule has 0 radical (unpaired) electrons. The van der Waals surface area contributed by atoms with E-state index in [2.05, 4.69) is 15.0 Å². The van der Waals surface area contributed by atoms with Gasteiger partial charge in [-0.1, -0.05) is 0 Å². The molecule has 0 unspecified atom stereocenters. The number of halogens is 2. The summed E-state index contributed by atoms with van der Waals surface area (Å²) >= 11 is 0. The van der Waals surface area contributed by atoms with Crippen LogP contribution in [0.1, 0.15) is 23.7 Å². The monoisotopic (exact) mass is 392 g/mol. The van der Waals surface area contributed by atoms with E-state index in [1.807, 2.05) is 13.8 Å². The number of rotatable bonds is 5. The minimum Gasteiger partial charge on any atom is -0.496 e. The highest BCUT2D eigenvalue weighted by molar-refractivity contribution is 6.04. The van der Waals surface area contributed by atoms with Crippen molar-refractivity contribution in [1.29, 1.82) is 0 Å². The molecule has 0 saturated carbocycles. The van der Waals surface area contributed by atoms with Gasteiger partial charge in [0.2, 0.25) is 11.9 Å². The number of alkyl halides is 2. The van der Waals surface area contributed by atoms with Crippen molar-refractivity contribution in [2.75, 3.05) is 29.2 Å². The Kier molecular flexibility index (Phi) is 5.30. The lowest BCUT2D eigenvalue weighted by atomic mass is 10.1. The lowest BCUT2D eigenvalue weighted by molar-refractivity contribution is -0.120. The molecule has 8 nitrogen and oxygen atoms in total. The summed E-state index contributed by atoms with van der Waals surface area (Å²) in [6.07, 6.45) is 0.307. The Balaban J connectivity index is 2.06. The third kappa shape index (κ3) is 3.41. The molecule has 0 aliphatic carbocycles. The van der Waals surface area contributed by atoms with E-state index in [1.165, 1.54) is 6.20 Å². The van der Waals surface area contributed by atoms with E-state index < -0.39 is 24.9 Å². The fraction of sp³-hybridized carbons (Fsp3) is 0.444. The Bertz CT molecular complexity index is 908. The zero-order valence-electron chi connectivity index (χ0n) is 16.1. The number of anilines is 3. The number of aryl methyl sites for hydroxylation is 1. The minimum absolute atomic E-state index is 0.00605. The summed E-state index contributed by atoms with van der Waals surface area (Å²) in [5.41, 5.74) is 8.34. The Morgan fingerprint density at radius 2 is 2.00 bits per heavy atom. The molecule has 2 aromatic rings. The number of hydrogen-bond donors (Lipinski definition) is 1. The predicted octanol–water partition coefficient (Wildman–Crippen LogP) is 2.09. The number of methoxy groups -OCH3 is 1. The van der Waals surface area contributed by atoms with Crippen LogP contribution in [0, 0.1) is 13.8 Å². The first kappa shape index (κ1) is 19.7. The van der Waals surface area contributed by atoms with Gasteiger partial charge in [-0.15, -0.1) is 0 Å². The molecule has 0 aromatic carbocycles. The van der Waals surface area contributed by atoms with Gasteiger partial charge < -0.3 is 20.3 Å². The highest BCUT2D eigenvalue weighted by atomic mass is 19.3. The van der Waals surface area contributed by atoms with Gasteiger partial charge in [-0.05, 0) is 20.8 Å². The fourth-order valence-corrected chi connectivity index (χ4v) is 3.37. The van der Waals surface area contributed by atoms with Crippen molar-refractivity contribution in [2.45, 2.75) is 39.8 Å². The van der Waals surface area contributed by atoms with Crippen LogP contribution in [-0.2, 0) is 11.3 Å². The van der Waals surface area contributed by atoms with Gasteiger partial charge in [-0.2, -0.15) is 4.98 Å². The molecular weight excluding hydrogens is 370 g/mol. The standard InChI is InChI=1S/C18H22F2N6O2/c1-9-5-22-12(10(2)15(9)28-4)7-25-11(3)17(27)26(8-14(19)20)13-6-23-18(21)24-16(13)25/h5-6,11,14H,7-8H2,1-4H3,(H2,21,23,24)/t11-/m1/s1. The maximum absolute atomic E-state index is 13.0. The van der Waals surface area contributed by atoms with Crippen LogP contribution in [0.15, 0.2) is 12.4 Å². The predicted molar refractivity (Wildman–Crippen MR) is 101 cm³/mol. The SMILES string of the molecule is COc1c(C)cnc(CN2c3nc(N)ncc3N(CC(F)F)C(=O)[C@H]2C)c1C. The van der Waals surface area contributed by atoms with Gasteiger partial charge in [0, 0.05) is 17.3 Å². The van der Waals surface area contributed by atoms with Crippen molar-refractivity contribution >= 4 is 23.4 Å². The third-order valence-corrected chi connectivity index (χ3v) is 4.81. The summed E-state index contributed by atoms with van der Waals surface area (Å²) in [7, 11) is 1.58. The third-order valence-electron chi connectivity index (χ3n) is 4.81. The molecule has 0 fully saturated rings. The van der Waals surface area contributed by atoms with E-state index in [1.54, 1.807) is 25.1 Å². The van der Waals surface area contributed by atoms with Crippen LogP contribution in [0.2, 0.25) is 0 Å². The van der Waals surface area contributed by atoms with Crippen LogP contribution in [0.5, 0.6) is 5.75 Å². The molecule has 1 amide bonds. The van der Waals surface area contributed by atoms with Crippen molar-refractivity contribution in [3.8, 4) is 5.75 Å². The van der Waals surface area contributed by atoms with Crippen LogP contribution in [-0.4, -0.2) is 47.0 Å². The van der Waals surface area contributed by atoms with Gasteiger partial charge in [0.25, 0.3) is 6.43 Å². The van der Waals surface area contributed by atoms with Gasteiger partial charge >= 0.3 is 0 Å². The molecule has 28 heavy (non-hydrogen) atoms. The van der Waals surface area contributed by atoms with Crippen LogP contribution in [0.4, 0.5) is 26.2 Å². The van der Waals surface area contributed by atoms with Gasteiger partial charge in [-0.3, -0.25) is 9.78 Å². The summed E-state index contributed by atoms with van der Waals surface area (Å²) < 4.78 is 31.5. The molecule has 0 saturated heterocycles. The lowest BCUT2D eigenvalue weighted by Gasteiger charge is -2.40. The summed E-state index contributed by atoms with van der Waals surface area (Å²) in [6.45, 7) is 4.92.